The van der Waals surface area contributed by atoms with Gasteiger partial charge in [0.25, 0.3) is 0 Å². The van der Waals surface area contributed by atoms with Gasteiger partial charge in [0.15, 0.2) is 0 Å². The van der Waals surface area contributed by atoms with Crippen molar-refractivity contribution in [3.05, 3.63) is 64.2 Å². The fraction of sp³-hybridized carbons (Fsp3) is 0.278. The highest BCUT2D eigenvalue weighted by molar-refractivity contribution is 7.10. The summed E-state index contributed by atoms with van der Waals surface area (Å²) in [5, 5.41) is 2.23. The van der Waals surface area contributed by atoms with Crippen LogP contribution in [0.2, 0.25) is 0 Å². The van der Waals surface area contributed by atoms with Crippen molar-refractivity contribution in [2.24, 2.45) is 5.92 Å². The summed E-state index contributed by atoms with van der Waals surface area (Å²) in [5.41, 5.74) is 5.79. The van der Waals surface area contributed by atoms with Gasteiger partial charge in [0.1, 0.15) is 0 Å². The molecule has 0 N–H and O–H groups in total. The Bertz CT molecular complexity index is 774. The zero-order valence-electron chi connectivity index (χ0n) is 11.7. The van der Waals surface area contributed by atoms with Crippen molar-refractivity contribution in [1.82, 2.24) is 9.55 Å². The van der Waals surface area contributed by atoms with E-state index in [4.69, 9.17) is 0 Å². The van der Waals surface area contributed by atoms with Crippen LogP contribution in [0.5, 0.6) is 0 Å². The number of rotatable bonds is 1. The lowest BCUT2D eigenvalue weighted by atomic mass is 9.80. The number of thiophene rings is 1. The number of fused-ring (bicyclic) bond motifs is 4. The van der Waals surface area contributed by atoms with Gasteiger partial charge in [-0.1, -0.05) is 24.3 Å². The molecule has 2 atom stereocenters. The highest BCUT2D eigenvalue weighted by Crippen LogP contribution is 2.48. The minimum Gasteiger partial charge on any atom is -0.322 e. The Morgan fingerprint density at radius 1 is 1.14 bits per heavy atom. The fourth-order valence-electron chi connectivity index (χ4n) is 4.06. The first kappa shape index (κ1) is 11.8. The summed E-state index contributed by atoms with van der Waals surface area (Å²) in [6, 6.07) is 11.7. The average Bonchev–Trinajstić information content (AvgIpc) is 3.19. The third-order valence-corrected chi connectivity index (χ3v) is 6.02. The second-order valence-corrected chi connectivity index (χ2v) is 7.05. The van der Waals surface area contributed by atoms with Crippen molar-refractivity contribution in [1.29, 1.82) is 0 Å². The number of hydrogen-bond donors (Lipinski definition) is 0. The molecule has 5 rings (SSSR count). The average molecular weight is 292 g/mol. The Morgan fingerprint density at radius 2 is 2.05 bits per heavy atom. The Kier molecular flexibility index (Phi) is 2.41. The minimum absolute atomic E-state index is 0.492. The van der Waals surface area contributed by atoms with E-state index in [1.54, 1.807) is 11.1 Å². The van der Waals surface area contributed by atoms with Crippen LogP contribution in [0.4, 0.5) is 0 Å². The molecule has 21 heavy (non-hydrogen) atoms. The largest absolute Gasteiger partial charge is 0.322 e. The molecule has 0 radical (unpaired) electrons. The lowest BCUT2D eigenvalue weighted by molar-refractivity contribution is 0.351. The predicted octanol–water partition coefficient (Wildman–Crippen LogP) is 4.32. The number of benzene rings is 1. The fourth-order valence-corrected chi connectivity index (χ4v) is 5.16. The molecule has 0 fully saturated rings. The van der Waals surface area contributed by atoms with E-state index in [0.29, 0.717) is 12.0 Å². The van der Waals surface area contributed by atoms with Gasteiger partial charge >= 0.3 is 0 Å². The summed E-state index contributed by atoms with van der Waals surface area (Å²) >= 11 is 1.91. The normalized spacial score (nSPS) is 22.7. The molecule has 2 nitrogen and oxygen atoms in total. The van der Waals surface area contributed by atoms with Crippen LogP contribution in [0.1, 0.15) is 28.5 Å². The van der Waals surface area contributed by atoms with Crippen molar-refractivity contribution >= 4 is 11.3 Å². The first-order valence-corrected chi connectivity index (χ1v) is 8.46. The predicted molar refractivity (Wildman–Crippen MR) is 85.6 cm³/mol. The van der Waals surface area contributed by atoms with E-state index in [1.165, 1.54) is 35.4 Å². The molecule has 104 valence electrons. The summed E-state index contributed by atoms with van der Waals surface area (Å²) in [4.78, 5) is 5.92. The van der Waals surface area contributed by atoms with Crippen molar-refractivity contribution in [2.45, 2.75) is 25.3 Å². The molecule has 0 saturated carbocycles. The minimum atomic E-state index is 0.492. The molecule has 1 aliphatic carbocycles. The molecule has 2 aromatic heterocycles. The lowest BCUT2D eigenvalue weighted by Gasteiger charge is -2.30. The molecule has 0 amide bonds. The van der Waals surface area contributed by atoms with E-state index >= 15 is 0 Å². The highest BCUT2D eigenvalue weighted by atomic mass is 32.1. The lowest BCUT2D eigenvalue weighted by Crippen LogP contribution is -2.23. The monoisotopic (exact) mass is 292 g/mol. The molecular weight excluding hydrogens is 276 g/mol. The first-order chi connectivity index (χ1) is 10.4. The first-order valence-electron chi connectivity index (χ1n) is 7.58. The van der Waals surface area contributed by atoms with Gasteiger partial charge in [0.05, 0.1) is 24.3 Å². The van der Waals surface area contributed by atoms with Gasteiger partial charge in [-0.15, -0.1) is 11.3 Å². The number of imidazole rings is 1. The second-order valence-electron chi connectivity index (χ2n) is 6.10. The Hall–Kier alpha value is -1.87. The summed E-state index contributed by atoms with van der Waals surface area (Å²) in [6.07, 6.45) is 7.71. The van der Waals surface area contributed by atoms with Crippen molar-refractivity contribution in [3.8, 4) is 11.3 Å². The van der Waals surface area contributed by atoms with E-state index in [0.717, 1.165) is 0 Å². The van der Waals surface area contributed by atoms with Gasteiger partial charge in [-0.25, -0.2) is 4.98 Å². The van der Waals surface area contributed by atoms with E-state index in [1.807, 2.05) is 23.9 Å². The molecule has 0 saturated heterocycles. The topological polar surface area (TPSA) is 17.8 Å². The standard InChI is InChI=1S/C18H16N2S/c1-2-4-13-9-14(6-5-12(13)3-1)17-18-15(7-8-21-18)16-10-19-11-20(16)17/h1-4,7-8,10-11,14,17H,5-6,9H2/t14?,17-/m0/s1. The van der Waals surface area contributed by atoms with Crippen molar-refractivity contribution in [3.63, 3.8) is 0 Å². The number of nitrogens with zero attached hydrogens (tertiary/aromatic N) is 2. The summed E-state index contributed by atoms with van der Waals surface area (Å²) < 4.78 is 2.40. The SMILES string of the molecule is c1ccc2c(c1)CCC([C@H]1c3sccc3-c3cncn31)C2. The van der Waals surface area contributed by atoms with Crippen LogP contribution < -0.4 is 0 Å². The molecule has 0 spiro atoms. The Labute approximate surface area is 128 Å². The molecule has 2 aliphatic rings. The van der Waals surface area contributed by atoms with E-state index in [-0.39, 0.29) is 0 Å². The van der Waals surface area contributed by atoms with E-state index in [2.05, 4.69) is 45.3 Å². The number of aryl methyl sites for hydroxylation is 1. The zero-order valence-corrected chi connectivity index (χ0v) is 12.5. The van der Waals surface area contributed by atoms with E-state index in [9.17, 15) is 0 Å². The quantitative estimate of drug-likeness (QED) is 0.653. The zero-order chi connectivity index (χ0) is 13.8. The summed E-state index contributed by atoms with van der Waals surface area (Å²) in [7, 11) is 0. The maximum Gasteiger partial charge on any atom is 0.0957 e. The molecule has 1 aromatic carbocycles. The second kappa shape index (κ2) is 4.31. The maximum atomic E-state index is 4.38. The molecular formula is C18H16N2S. The van der Waals surface area contributed by atoms with Crippen molar-refractivity contribution in [2.75, 3.05) is 0 Å². The summed E-state index contributed by atoms with van der Waals surface area (Å²) in [6.45, 7) is 0. The van der Waals surface area contributed by atoms with Gasteiger partial charge in [-0.2, -0.15) is 0 Å². The van der Waals surface area contributed by atoms with Crippen LogP contribution in [-0.4, -0.2) is 9.55 Å². The molecule has 3 heteroatoms. The van der Waals surface area contributed by atoms with Crippen LogP contribution in [0.3, 0.4) is 0 Å². The Balaban J connectivity index is 1.58. The van der Waals surface area contributed by atoms with Crippen LogP contribution in [0, 0.1) is 5.92 Å². The van der Waals surface area contributed by atoms with Crippen LogP contribution in [0.25, 0.3) is 11.3 Å². The van der Waals surface area contributed by atoms with Crippen LogP contribution in [-0.2, 0) is 12.8 Å². The smallest absolute Gasteiger partial charge is 0.0957 e. The molecule has 1 unspecified atom stereocenters. The molecule has 0 bridgehead atoms. The van der Waals surface area contributed by atoms with Gasteiger partial charge in [0, 0.05) is 10.4 Å². The van der Waals surface area contributed by atoms with Gasteiger partial charge in [0.2, 0.25) is 0 Å². The van der Waals surface area contributed by atoms with Gasteiger partial charge in [-0.05, 0) is 47.8 Å². The molecule has 3 heterocycles. The van der Waals surface area contributed by atoms with Crippen LogP contribution >= 0.6 is 11.3 Å². The number of aromatic nitrogens is 2. The third kappa shape index (κ3) is 1.61. The van der Waals surface area contributed by atoms with E-state index < -0.39 is 0 Å². The van der Waals surface area contributed by atoms with Crippen LogP contribution in [0.15, 0.2) is 48.2 Å². The Morgan fingerprint density at radius 3 is 3.00 bits per heavy atom. The molecule has 1 aliphatic heterocycles. The third-order valence-electron chi connectivity index (χ3n) is 5.04. The highest BCUT2D eigenvalue weighted by Gasteiger charge is 2.36. The summed E-state index contributed by atoms with van der Waals surface area (Å²) in [5.74, 6) is 0.688. The number of hydrogen-bond acceptors (Lipinski definition) is 2. The van der Waals surface area contributed by atoms with Gasteiger partial charge in [-0.3, -0.25) is 0 Å². The van der Waals surface area contributed by atoms with Crippen molar-refractivity contribution < 1.29 is 0 Å². The maximum absolute atomic E-state index is 4.38. The molecule has 3 aromatic rings. The van der Waals surface area contributed by atoms with Gasteiger partial charge < -0.3 is 4.57 Å².